The highest BCUT2D eigenvalue weighted by Crippen LogP contribution is 2.11. The lowest BCUT2D eigenvalue weighted by atomic mass is 10.1. The SMILES string of the molecule is CC(=O)O.CCCCC(C)=NO.c1ccc2ccccc2c1. The molecule has 2 rings (SSSR count). The van der Waals surface area contributed by atoms with Crippen molar-refractivity contribution < 1.29 is 15.1 Å². The minimum atomic E-state index is -0.833. The number of hydrogen-bond donors (Lipinski definition) is 2. The van der Waals surface area contributed by atoms with Crippen LogP contribution in [0.4, 0.5) is 0 Å². The number of hydrogen-bond acceptors (Lipinski definition) is 3. The van der Waals surface area contributed by atoms with Crippen molar-refractivity contribution >= 4 is 22.5 Å². The molecule has 0 heterocycles. The van der Waals surface area contributed by atoms with Crippen LogP contribution in [-0.2, 0) is 4.79 Å². The molecule has 22 heavy (non-hydrogen) atoms. The van der Waals surface area contributed by atoms with E-state index in [9.17, 15) is 0 Å². The molecule has 0 unspecified atom stereocenters. The van der Waals surface area contributed by atoms with E-state index in [1.165, 1.54) is 10.8 Å². The number of unbranched alkanes of at least 4 members (excludes halogenated alkanes) is 1. The number of fused-ring (bicyclic) bond motifs is 1. The molecular formula is C18H25NO3. The minimum absolute atomic E-state index is 0.826. The molecule has 4 nitrogen and oxygen atoms in total. The largest absolute Gasteiger partial charge is 0.481 e. The number of carboxylic acids is 1. The van der Waals surface area contributed by atoms with Gasteiger partial charge in [0.15, 0.2) is 0 Å². The third-order valence-corrected chi connectivity index (χ3v) is 2.72. The molecule has 0 aliphatic heterocycles. The third kappa shape index (κ3) is 10.4. The first-order valence-corrected chi connectivity index (χ1v) is 7.32. The molecular weight excluding hydrogens is 278 g/mol. The van der Waals surface area contributed by atoms with Gasteiger partial charge in [0.25, 0.3) is 5.97 Å². The van der Waals surface area contributed by atoms with Crippen LogP contribution in [0.15, 0.2) is 53.7 Å². The van der Waals surface area contributed by atoms with E-state index < -0.39 is 5.97 Å². The Bertz CT molecular complexity index is 510. The number of carboxylic acid groups (broad SMARTS) is 1. The molecule has 0 aromatic heterocycles. The number of nitrogens with zero attached hydrogens (tertiary/aromatic N) is 1. The summed E-state index contributed by atoms with van der Waals surface area (Å²) in [6.07, 6.45) is 3.20. The summed E-state index contributed by atoms with van der Waals surface area (Å²) in [5.74, 6) is -0.833. The van der Waals surface area contributed by atoms with Crippen molar-refractivity contribution in [3.8, 4) is 0 Å². The van der Waals surface area contributed by atoms with Crippen LogP contribution in [0.1, 0.15) is 40.0 Å². The first-order chi connectivity index (χ1) is 10.5. The van der Waals surface area contributed by atoms with Crippen molar-refractivity contribution in [1.82, 2.24) is 0 Å². The highest BCUT2D eigenvalue weighted by atomic mass is 16.4. The van der Waals surface area contributed by atoms with Gasteiger partial charge in [-0.25, -0.2) is 0 Å². The van der Waals surface area contributed by atoms with Crippen molar-refractivity contribution in [3.05, 3.63) is 48.5 Å². The Balaban J connectivity index is 0.000000332. The number of oxime groups is 1. The molecule has 0 amide bonds. The predicted octanol–water partition coefficient (Wildman–Crippen LogP) is 4.96. The van der Waals surface area contributed by atoms with Crippen LogP contribution in [0, 0.1) is 0 Å². The molecule has 0 fully saturated rings. The lowest BCUT2D eigenvalue weighted by molar-refractivity contribution is -0.134. The monoisotopic (exact) mass is 303 g/mol. The second-order valence-corrected chi connectivity index (χ2v) is 4.80. The highest BCUT2D eigenvalue weighted by Gasteiger charge is 1.87. The fraction of sp³-hybridized carbons (Fsp3) is 0.333. The summed E-state index contributed by atoms with van der Waals surface area (Å²) in [7, 11) is 0. The Hall–Kier alpha value is -2.36. The maximum Gasteiger partial charge on any atom is 0.300 e. The topological polar surface area (TPSA) is 69.9 Å². The molecule has 0 saturated heterocycles. The van der Waals surface area contributed by atoms with E-state index in [1.54, 1.807) is 0 Å². The Morgan fingerprint density at radius 2 is 1.36 bits per heavy atom. The number of carbonyl (C=O) groups is 1. The Labute approximate surface area is 132 Å². The first kappa shape index (κ1) is 19.6. The first-order valence-electron chi connectivity index (χ1n) is 7.32. The number of aliphatic carboxylic acids is 1. The lowest BCUT2D eigenvalue weighted by Gasteiger charge is -1.92. The summed E-state index contributed by atoms with van der Waals surface area (Å²) in [5.41, 5.74) is 0.826. The van der Waals surface area contributed by atoms with Gasteiger partial charge in [0.1, 0.15) is 0 Å². The van der Waals surface area contributed by atoms with Gasteiger partial charge in [-0.3, -0.25) is 4.79 Å². The van der Waals surface area contributed by atoms with Crippen molar-refractivity contribution in [3.63, 3.8) is 0 Å². The highest BCUT2D eigenvalue weighted by molar-refractivity contribution is 5.82. The fourth-order valence-corrected chi connectivity index (χ4v) is 1.62. The van der Waals surface area contributed by atoms with E-state index in [-0.39, 0.29) is 0 Å². The zero-order valence-corrected chi connectivity index (χ0v) is 13.5. The lowest BCUT2D eigenvalue weighted by Crippen LogP contribution is -1.88. The second kappa shape index (κ2) is 12.4. The third-order valence-electron chi connectivity index (χ3n) is 2.72. The van der Waals surface area contributed by atoms with Crippen LogP contribution in [0.5, 0.6) is 0 Å². The summed E-state index contributed by atoms with van der Waals surface area (Å²) >= 11 is 0. The van der Waals surface area contributed by atoms with Gasteiger partial charge in [0, 0.05) is 6.92 Å². The Morgan fingerprint density at radius 1 is 1.00 bits per heavy atom. The van der Waals surface area contributed by atoms with Crippen molar-refractivity contribution in [2.75, 3.05) is 0 Å². The molecule has 120 valence electrons. The molecule has 0 saturated carbocycles. The molecule has 4 heteroatoms. The van der Waals surface area contributed by atoms with Crippen LogP contribution < -0.4 is 0 Å². The van der Waals surface area contributed by atoms with Crippen LogP contribution >= 0.6 is 0 Å². The second-order valence-electron chi connectivity index (χ2n) is 4.80. The molecule has 0 atom stereocenters. The van der Waals surface area contributed by atoms with Crippen LogP contribution in [0.2, 0.25) is 0 Å². The minimum Gasteiger partial charge on any atom is -0.481 e. The Morgan fingerprint density at radius 3 is 1.64 bits per heavy atom. The maximum atomic E-state index is 9.00. The smallest absolute Gasteiger partial charge is 0.300 e. The van der Waals surface area contributed by atoms with Gasteiger partial charge in [0.2, 0.25) is 0 Å². The predicted molar refractivity (Wildman–Crippen MR) is 91.7 cm³/mol. The van der Waals surface area contributed by atoms with E-state index >= 15 is 0 Å². The summed E-state index contributed by atoms with van der Waals surface area (Å²) in [4.78, 5) is 9.00. The van der Waals surface area contributed by atoms with Crippen LogP contribution in [0.25, 0.3) is 10.8 Å². The standard InChI is InChI=1S/C10H8.C6H13NO.C2H4O2/c1-2-6-10-8-4-3-7-9(10)5-1;1-3-4-5-6(2)7-8;1-2(3)4/h1-8H;8H,3-5H2,1-2H3;1H3,(H,3,4). The zero-order chi connectivity index (χ0) is 16.8. The molecule has 0 aliphatic carbocycles. The van der Waals surface area contributed by atoms with Crippen molar-refractivity contribution in [2.45, 2.75) is 40.0 Å². The van der Waals surface area contributed by atoms with E-state index in [0.29, 0.717) is 0 Å². The Kier molecular flexibility index (Phi) is 11.1. The maximum absolute atomic E-state index is 9.00. The molecule has 2 aromatic rings. The summed E-state index contributed by atoms with van der Waals surface area (Å²) in [5, 5.41) is 21.2. The quantitative estimate of drug-likeness (QED) is 0.478. The average molecular weight is 303 g/mol. The molecule has 2 N–H and O–H groups in total. The van der Waals surface area contributed by atoms with Crippen molar-refractivity contribution in [2.24, 2.45) is 5.16 Å². The average Bonchev–Trinajstić information content (AvgIpc) is 2.52. The number of benzene rings is 2. The molecule has 0 aliphatic rings. The zero-order valence-electron chi connectivity index (χ0n) is 13.5. The van der Waals surface area contributed by atoms with Gasteiger partial charge < -0.3 is 10.3 Å². The molecule has 0 radical (unpaired) electrons. The van der Waals surface area contributed by atoms with Crippen molar-refractivity contribution in [1.29, 1.82) is 0 Å². The summed E-state index contributed by atoms with van der Waals surface area (Å²) in [6.45, 7) is 5.03. The van der Waals surface area contributed by atoms with Gasteiger partial charge in [-0.15, -0.1) is 0 Å². The van der Waals surface area contributed by atoms with E-state index in [2.05, 4.69) is 60.6 Å². The van der Waals surface area contributed by atoms with Gasteiger partial charge in [-0.1, -0.05) is 67.0 Å². The van der Waals surface area contributed by atoms with Gasteiger partial charge >= 0.3 is 0 Å². The van der Waals surface area contributed by atoms with E-state index in [0.717, 1.165) is 31.9 Å². The van der Waals surface area contributed by atoms with Gasteiger partial charge in [-0.2, -0.15) is 0 Å². The molecule has 0 spiro atoms. The molecule has 0 bridgehead atoms. The summed E-state index contributed by atoms with van der Waals surface area (Å²) in [6, 6.07) is 16.7. The summed E-state index contributed by atoms with van der Waals surface area (Å²) < 4.78 is 0. The van der Waals surface area contributed by atoms with E-state index in [1.807, 2.05) is 6.92 Å². The normalized spacial score (nSPS) is 10.0. The van der Waals surface area contributed by atoms with Crippen LogP contribution in [0.3, 0.4) is 0 Å². The van der Waals surface area contributed by atoms with Gasteiger partial charge in [-0.05, 0) is 30.5 Å². The molecule has 2 aromatic carbocycles. The fourth-order valence-electron chi connectivity index (χ4n) is 1.62. The van der Waals surface area contributed by atoms with Crippen LogP contribution in [-0.4, -0.2) is 22.0 Å². The number of rotatable bonds is 3. The van der Waals surface area contributed by atoms with Gasteiger partial charge in [0.05, 0.1) is 5.71 Å². The van der Waals surface area contributed by atoms with E-state index in [4.69, 9.17) is 15.1 Å².